The number of nitriles is 1. The molecule has 30 heavy (non-hydrogen) atoms. The van der Waals surface area contributed by atoms with Crippen molar-refractivity contribution >= 4 is 17.0 Å². The van der Waals surface area contributed by atoms with Crippen LogP contribution in [0.4, 0.5) is 5.95 Å². The van der Waals surface area contributed by atoms with E-state index in [2.05, 4.69) is 51.9 Å². The zero-order valence-electron chi connectivity index (χ0n) is 16.6. The van der Waals surface area contributed by atoms with E-state index in [9.17, 15) is 0 Å². The van der Waals surface area contributed by atoms with Crippen LogP contribution in [0.15, 0.2) is 78.9 Å². The standard InChI is InChI=1S/C25H23N5/c26-14-18-10-12-19(13-11-18)15-30-24-9-5-4-8-23(24)28-25(30)29-16-21(22(27)17-29)20-6-2-1-3-7-20/h1-13,21-22H,15-17,27H2/t21-,22+/m1/s1. The van der Waals surface area contributed by atoms with Crippen molar-refractivity contribution in [2.75, 3.05) is 18.0 Å². The molecule has 0 amide bonds. The Balaban J connectivity index is 1.51. The first-order valence-electron chi connectivity index (χ1n) is 10.2. The highest BCUT2D eigenvalue weighted by Gasteiger charge is 2.33. The molecule has 1 saturated heterocycles. The number of nitrogens with zero attached hydrogens (tertiary/aromatic N) is 4. The molecule has 148 valence electrons. The normalized spacial score (nSPS) is 18.6. The second-order valence-electron chi connectivity index (χ2n) is 7.88. The number of imidazole rings is 1. The molecule has 0 unspecified atom stereocenters. The van der Waals surface area contributed by atoms with Crippen LogP contribution in [-0.2, 0) is 6.54 Å². The molecule has 1 fully saturated rings. The summed E-state index contributed by atoms with van der Waals surface area (Å²) < 4.78 is 2.26. The topological polar surface area (TPSA) is 70.9 Å². The number of fused-ring (bicyclic) bond motifs is 1. The number of benzene rings is 3. The Morgan fingerprint density at radius 3 is 2.43 bits per heavy atom. The van der Waals surface area contributed by atoms with Crippen molar-refractivity contribution in [3.05, 3.63) is 95.6 Å². The van der Waals surface area contributed by atoms with Gasteiger partial charge in [0.15, 0.2) is 0 Å². The molecule has 0 saturated carbocycles. The maximum atomic E-state index is 9.07. The van der Waals surface area contributed by atoms with Crippen molar-refractivity contribution in [3.63, 3.8) is 0 Å². The quantitative estimate of drug-likeness (QED) is 0.571. The molecule has 5 heteroatoms. The Labute approximate surface area is 176 Å². The first-order chi connectivity index (χ1) is 14.7. The Hall–Kier alpha value is -3.62. The summed E-state index contributed by atoms with van der Waals surface area (Å²) in [5.74, 6) is 1.24. The largest absolute Gasteiger partial charge is 0.340 e. The van der Waals surface area contributed by atoms with Crippen LogP contribution in [0, 0.1) is 11.3 Å². The van der Waals surface area contributed by atoms with E-state index < -0.39 is 0 Å². The molecule has 0 aliphatic carbocycles. The number of nitrogens with two attached hydrogens (primary N) is 1. The van der Waals surface area contributed by atoms with Crippen LogP contribution in [-0.4, -0.2) is 28.7 Å². The molecule has 5 nitrogen and oxygen atoms in total. The summed E-state index contributed by atoms with van der Waals surface area (Å²) in [6.45, 7) is 2.32. The van der Waals surface area contributed by atoms with Gasteiger partial charge in [-0.3, -0.25) is 0 Å². The second kappa shape index (κ2) is 7.66. The lowest BCUT2D eigenvalue weighted by Gasteiger charge is -2.20. The van der Waals surface area contributed by atoms with E-state index in [0.717, 1.165) is 35.6 Å². The number of anilines is 1. The zero-order valence-corrected chi connectivity index (χ0v) is 16.6. The molecule has 5 rings (SSSR count). The third-order valence-electron chi connectivity index (χ3n) is 5.93. The fourth-order valence-electron chi connectivity index (χ4n) is 4.37. The predicted molar refractivity (Wildman–Crippen MR) is 119 cm³/mol. The van der Waals surface area contributed by atoms with Crippen molar-refractivity contribution in [2.24, 2.45) is 5.73 Å². The van der Waals surface area contributed by atoms with Crippen LogP contribution < -0.4 is 10.6 Å². The van der Waals surface area contributed by atoms with Crippen LogP contribution >= 0.6 is 0 Å². The summed E-state index contributed by atoms with van der Waals surface area (Å²) >= 11 is 0. The molecule has 1 aromatic heterocycles. The van der Waals surface area contributed by atoms with Gasteiger partial charge in [-0.25, -0.2) is 4.98 Å². The Kier molecular flexibility index (Phi) is 4.70. The molecule has 4 aromatic rings. The minimum absolute atomic E-state index is 0.0653. The molecule has 2 N–H and O–H groups in total. The van der Waals surface area contributed by atoms with Crippen molar-refractivity contribution in [1.82, 2.24) is 9.55 Å². The summed E-state index contributed by atoms with van der Waals surface area (Å²) in [4.78, 5) is 7.28. The van der Waals surface area contributed by atoms with Crippen LogP contribution in [0.25, 0.3) is 11.0 Å². The molecular weight excluding hydrogens is 370 g/mol. The van der Waals surface area contributed by atoms with Crippen LogP contribution in [0.1, 0.15) is 22.6 Å². The van der Waals surface area contributed by atoms with E-state index in [1.807, 2.05) is 42.5 Å². The van der Waals surface area contributed by atoms with Gasteiger partial charge in [0.25, 0.3) is 0 Å². The average molecular weight is 393 g/mol. The highest BCUT2D eigenvalue weighted by molar-refractivity contribution is 5.79. The third-order valence-corrected chi connectivity index (χ3v) is 5.93. The van der Waals surface area contributed by atoms with Gasteiger partial charge in [-0.1, -0.05) is 54.6 Å². The predicted octanol–water partition coefficient (Wildman–Crippen LogP) is 3.89. The van der Waals surface area contributed by atoms with Gasteiger partial charge in [-0.2, -0.15) is 5.26 Å². The summed E-state index contributed by atoms with van der Waals surface area (Å²) in [5.41, 5.74) is 11.7. The third kappa shape index (κ3) is 3.32. The van der Waals surface area contributed by atoms with Gasteiger partial charge in [0.2, 0.25) is 5.95 Å². The van der Waals surface area contributed by atoms with Crippen molar-refractivity contribution < 1.29 is 0 Å². The highest BCUT2D eigenvalue weighted by atomic mass is 15.3. The fraction of sp³-hybridized carbons (Fsp3) is 0.200. The maximum absolute atomic E-state index is 9.07. The van der Waals surface area contributed by atoms with E-state index in [0.29, 0.717) is 12.1 Å². The van der Waals surface area contributed by atoms with Crippen molar-refractivity contribution in [2.45, 2.75) is 18.5 Å². The Morgan fingerprint density at radius 2 is 1.67 bits per heavy atom. The first-order valence-corrected chi connectivity index (χ1v) is 10.2. The monoisotopic (exact) mass is 393 g/mol. The molecule has 2 heterocycles. The van der Waals surface area contributed by atoms with Crippen LogP contribution in [0.2, 0.25) is 0 Å². The van der Waals surface area contributed by atoms with Gasteiger partial charge in [0.1, 0.15) is 0 Å². The molecule has 0 radical (unpaired) electrons. The van der Waals surface area contributed by atoms with Gasteiger partial charge in [0, 0.05) is 25.0 Å². The van der Waals surface area contributed by atoms with E-state index >= 15 is 0 Å². The molecule has 0 spiro atoms. The van der Waals surface area contributed by atoms with Gasteiger partial charge in [-0.05, 0) is 35.4 Å². The van der Waals surface area contributed by atoms with Gasteiger partial charge >= 0.3 is 0 Å². The van der Waals surface area contributed by atoms with Crippen LogP contribution in [0.5, 0.6) is 0 Å². The number of hydrogen-bond donors (Lipinski definition) is 1. The summed E-state index contributed by atoms with van der Waals surface area (Å²) in [5, 5.41) is 9.07. The lowest BCUT2D eigenvalue weighted by Crippen LogP contribution is -2.29. The van der Waals surface area contributed by atoms with Gasteiger partial charge < -0.3 is 15.2 Å². The minimum atomic E-state index is 0.0653. The lowest BCUT2D eigenvalue weighted by molar-refractivity contribution is 0.653. The molecular formula is C25H23N5. The van der Waals surface area contributed by atoms with Crippen LogP contribution in [0.3, 0.4) is 0 Å². The number of rotatable bonds is 4. The zero-order chi connectivity index (χ0) is 20.5. The molecule has 3 aromatic carbocycles. The number of para-hydroxylation sites is 2. The summed E-state index contributed by atoms with van der Waals surface area (Å²) in [7, 11) is 0. The second-order valence-corrected chi connectivity index (χ2v) is 7.88. The van der Waals surface area contributed by atoms with E-state index in [-0.39, 0.29) is 12.0 Å². The molecule has 1 aliphatic heterocycles. The molecule has 1 aliphatic rings. The van der Waals surface area contributed by atoms with E-state index in [1.165, 1.54) is 5.56 Å². The Bertz CT molecular complexity index is 1200. The van der Waals surface area contributed by atoms with Crippen molar-refractivity contribution in [1.29, 1.82) is 5.26 Å². The summed E-state index contributed by atoms with van der Waals surface area (Å²) in [6, 6.07) is 28.8. The molecule has 0 bridgehead atoms. The Morgan fingerprint density at radius 1 is 0.933 bits per heavy atom. The van der Waals surface area contributed by atoms with Crippen molar-refractivity contribution in [3.8, 4) is 6.07 Å². The molecule has 2 atom stereocenters. The van der Waals surface area contributed by atoms with E-state index in [4.69, 9.17) is 16.0 Å². The van der Waals surface area contributed by atoms with Gasteiger partial charge in [-0.15, -0.1) is 0 Å². The number of hydrogen-bond acceptors (Lipinski definition) is 4. The maximum Gasteiger partial charge on any atom is 0.206 e. The van der Waals surface area contributed by atoms with E-state index in [1.54, 1.807) is 0 Å². The SMILES string of the molecule is N#Cc1ccc(Cn2c(N3C[C@H](c4ccccc4)[C@@H](N)C3)nc3ccccc32)cc1. The highest BCUT2D eigenvalue weighted by Crippen LogP contribution is 2.32. The lowest BCUT2D eigenvalue weighted by atomic mass is 9.95. The van der Waals surface area contributed by atoms with Gasteiger partial charge in [0.05, 0.1) is 29.2 Å². The first kappa shape index (κ1) is 18.4. The minimum Gasteiger partial charge on any atom is -0.340 e. The smallest absolute Gasteiger partial charge is 0.206 e. The average Bonchev–Trinajstić information content (AvgIpc) is 3.35. The number of aromatic nitrogens is 2. The fourth-order valence-corrected chi connectivity index (χ4v) is 4.37. The summed E-state index contributed by atoms with van der Waals surface area (Å²) in [6.07, 6.45) is 0.